The van der Waals surface area contributed by atoms with Crippen molar-refractivity contribution in [3.63, 3.8) is 0 Å². The fraction of sp³-hybridized carbons (Fsp3) is 0.586. The summed E-state index contributed by atoms with van der Waals surface area (Å²) in [6.07, 6.45) is -0.860. The van der Waals surface area contributed by atoms with Crippen LogP contribution in [0.3, 0.4) is 0 Å². The third-order valence-corrected chi connectivity index (χ3v) is 8.82. The lowest BCUT2D eigenvalue weighted by molar-refractivity contribution is -0.129. The molecule has 0 amide bonds. The number of aliphatic imine (C=N–C) groups is 2. The molecule has 15 heteroatoms. The molecule has 244 valence electrons. The summed E-state index contributed by atoms with van der Waals surface area (Å²) in [7, 11) is -0.446. The third-order valence-electron chi connectivity index (χ3n) is 7.56. The molecule has 1 saturated carbocycles. The molecule has 1 fully saturated rings. The van der Waals surface area contributed by atoms with E-state index in [1.54, 1.807) is 17.7 Å². The van der Waals surface area contributed by atoms with Gasteiger partial charge in [0.15, 0.2) is 0 Å². The summed E-state index contributed by atoms with van der Waals surface area (Å²) >= 11 is 0. The van der Waals surface area contributed by atoms with Gasteiger partial charge >= 0.3 is 6.18 Å². The number of anilines is 1. The largest absolute Gasteiger partial charge is 0.390 e. The van der Waals surface area contributed by atoms with Gasteiger partial charge in [0.2, 0.25) is 16.0 Å². The molecule has 0 aromatic carbocycles. The Hall–Kier alpha value is -3.30. The van der Waals surface area contributed by atoms with Crippen molar-refractivity contribution < 1.29 is 26.3 Å². The van der Waals surface area contributed by atoms with Crippen LogP contribution in [0, 0.1) is 6.92 Å². The van der Waals surface area contributed by atoms with Crippen molar-refractivity contribution in [2.75, 3.05) is 37.8 Å². The number of aryl methyl sites for hydroxylation is 1. The van der Waals surface area contributed by atoms with E-state index in [1.807, 2.05) is 25.5 Å². The maximum absolute atomic E-state index is 13.7. The standard InChI is InChI=1S/C29H42F3N7O4S/c1-19(2)39-26(36-28(33-4)35-22-8-10-23(11-9-22)38(5)14-15-43-6)20(3)17-24(27(39)40)21-7-12-25(34-18-21)37-44(41,42)16-13-29(30,31)32/h7,12,17-19,22-23H,4,8-11,13-16H2,1-3,5-6H3,(H,34,37)(H,35,36)/t22-,23-. The molecule has 2 N–H and O–H groups in total. The number of sulfonamides is 1. The summed E-state index contributed by atoms with van der Waals surface area (Å²) in [5.74, 6) is -0.515. The van der Waals surface area contributed by atoms with E-state index >= 15 is 0 Å². The minimum absolute atomic E-state index is 0.151. The highest BCUT2D eigenvalue weighted by atomic mass is 32.2. The smallest absolute Gasteiger partial charge is 0.383 e. The highest BCUT2D eigenvalue weighted by Gasteiger charge is 2.30. The van der Waals surface area contributed by atoms with Crippen LogP contribution in [0.4, 0.5) is 24.8 Å². The number of halogens is 3. The minimum Gasteiger partial charge on any atom is -0.383 e. The van der Waals surface area contributed by atoms with Crippen molar-refractivity contribution >= 4 is 34.3 Å². The molecule has 11 nitrogen and oxygen atoms in total. The molecule has 3 rings (SSSR count). The molecule has 0 unspecified atom stereocenters. The lowest BCUT2D eigenvalue weighted by atomic mass is 9.90. The fourth-order valence-electron chi connectivity index (χ4n) is 5.14. The average molecular weight is 642 g/mol. The minimum atomic E-state index is -4.60. The second kappa shape index (κ2) is 15.1. The first-order valence-corrected chi connectivity index (χ1v) is 16.1. The van der Waals surface area contributed by atoms with Gasteiger partial charge in [-0.05, 0) is 84.0 Å². The zero-order valence-electron chi connectivity index (χ0n) is 25.8. The summed E-state index contributed by atoms with van der Waals surface area (Å²) < 4.78 is 70.2. The molecular formula is C29H42F3N7O4S. The zero-order valence-corrected chi connectivity index (χ0v) is 26.6. The molecule has 0 atom stereocenters. The van der Waals surface area contributed by atoms with Crippen LogP contribution in [-0.2, 0) is 14.8 Å². The molecule has 2 aromatic rings. The van der Waals surface area contributed by atoms with Crippen LogP contribution >= 0.6 is 0 Å². The number of guanidine groups is 1. The molecule has 1 aliphatic carbocycles. The Morgan fingerprint density at radius 3 is 2.48 bits per heavy atom. The van der Waals surface area contributed by atoms with Gasteiger partial charge in [0, 0.05) is 49.1 Å². The number of pyridine rings is 2. The van der Waals surface area contributed by atoms with E-state index in [-0.39, 0.29) is 23.5 Å². The van der Waals surface area contributed by atoms with Crippen molar-refractivity contribution in [2.45, 2.75) is 77.2 Å². The predicted molar refractivity (Wildman–Crippen MR) is 167 cm³/mol. The molecule has 1 aliphatic rings. The number of likely N-dealkylation sites (N-methyl/N-ethyl adjacent to an activating group) is 1. The molecule has 0 radical (unpaired) electrons. The van der Waals surface area contributed by atoms with Crippen LogP contribution < -0.4 is 15.6 Å². The Kier molecular flexibility index (Phi) is 12.1. The summed E-state index contributed by atoms with van der Waals surface area (Å²) in [5.41, 5.74) is 1.07. The van der Waals surface area contributed by atoms with Gasteiger partial charge < -0.3 is 15.0 Å². The molecule has 44 heavy (non-hydrogen) atoms. The predicted octanol–water partition coefficient (Wildman–Crippen LogP) is 4.66. The topological polar surface area (TPSA) is 130 Å². The normalized spacial score (nSPS) is 18.1. The SMILES string of the molecule is C=N/C(=N\c1c(C)cc(-c2ccc(NS(=O)(=O)CCC(F)(F)F)nc2)c(=O)n1C(C)C)N[C@H]1CC[C@H](N(C)CCOC)CC1. The van der Waals surface area contributed by atoms with Crippen LogP contribution in [0.5, 0.6) is 0 Å². The summed E-state index contributed by atoms with van der Waals surface area (Å²) in [6.45, 7) is 10.8. The number of rotatable bonds is 12. The summed E-state index contributed by atoms with van der Waals surface area (Å²) in [6, 6.07) is 4.84. The Morgan fingerprint density at radius 2 is 1.93 bits per heavy atom. The Balaban J connectivity index is 1.81. The van der Waals surface area contributed by atoms with E-state index in [2.05, 4.69) is 34.0 Å². The third kappa shape index (κ3) is 9.86. The Morgan fingerprint density at radius 1 is 1.25 bits per heavy atom. The zero-order chi connectivity index (χ0) is 32.7. The first-order valence-electron chi connectivity index (χ1n) is 14.4. The lowest BCUT2D eigenvalue weighted by Crippen LogP contribution is -2.43. The van der Waals surface area contributed by atoms with E-state index in [9.17, 15) is 26.4 Å². The molecule has 2 heterocycles. The first-order chi connectivity index (χ1) is 20.6. The molecule has 0 saturated heterocycles. The van der Waals surface area contributed by atoms with E-state index in [1.165, 1.54) is 18.3 Å². The van der Waals surface area contributed by atoms with Gasteiger partial charge in [-0.2, -0.15) is 18.2 Å². The summed E-state index contributed by atoms with van der Waals surface area (Å²) in [5, 5.41) is 3.39. The maximum Gasteiger partial charge on any atom is 0.390 e. The average Bonchev–Trinajstić information content (AvgIpc) is 2.96. The van der Waals surface area contributed by atoms with Crippen LogP contribution in [0.1, 0.15) is 57.6 Å². The van der Waals surface area contributed by atoms with Crippen molar-refractivity contribution in [2.24, 2.45) is 9.98 Å². The van der Waals surface area contributed by atoms with Crippen LogP contribution in [-0.4, -0.2) is 86.9 Å². The van der Waals surface area contributed by atoms with Crippen molar-refractivity contribution in [1.82, 2.24) is 19.8 Å². The van der Waals surface area contributed by atoms with Gasteiger partial charge in [-0.15, -0.1) is 0 Å². The number of hydrogen-bond acceptors (Lipinski definition) is 7. The second-order valence-electron chi connectivity index (χ2n) is 11.3. The van der Waals surface area contributed by atoms with Crippen molar-refractivity contribution in [1.29, 1.82) is 0 Å². The lowest BCUT2D eigenvalue weighted by Gasteiger charge is -2.35. The highest BCUT2D eigenvalue weighted by Crippen LogP contribution is 2.28. The van der Waals surface area contributed by atoms with Gasteiger partial charge in [0.25, 0.3) is 5.56 Å². The van der Waals surface area contributed by atoms with Gasteiger partial charge in [0.05, 0.1) is 18.8 Å². The first kappa shape index (κ1) is 35.2. The molecule has 0 spiro atoms. The highest BCUT2D eigenvalue weighted by molar-refractivity contribution is 7.92. The number of alkyl halides is 3. The van der Waals surface area contributed by atoms with E-state index in [0.717, 1.165) is 32.2 Å². The second-order valence-corrected chi connectivity index (χ2v) is 13.1. The van der Waals surface area contributed by atoms with E-state index in [0.29, 0.717) is 41.1 Å². The molecular weight excluding hydrogens is 599 g/mol. The Labute approximate surface area is 256 Å². The molecule has 0 bridgehead atoms. The number of aromatic nitrogens is 2. The number of methoxy groups -OCH3 is 1. The van der Waals surface area contributed by atoms with Gasteiger partial charge in [-0.1, -0.05) is 0 Å². The van der Waals surface area contributed by atoms with Crippen LogP contribution in [0.25, 0.3) is 11.1 Å². The van der Waals surface area contributed by atoms with Gasteiger partial charge in [-0.25, -0.2) is 18.4 Å². The number of ether oxygens (including phenoxy) is 1. The van der Waals surface area contributed by atoms with Crippen LogP contribution in [0.15, 0.2) is 39.2 Å². The van der Waals surface area contributed by atoms with Crippen molar-refractivity contribution in [3.05, 3.63) is 40.3 Å². The van der Waals surface area contributed by atoms with Gasteiger partial charge in [0.1, 0.15) is 11.6 Å². The number of nitrogens with zero attached hydrogens (tertiary/aromatic N) is 5. The van der Waals surface area contributed by atoms with Crippen molar-refractivity contribution in [3.8, 4) is 11.1 Å². The number of hydrogen-bond donors (Lipinski definition) is 2. The number of nitrogens with one attached hydrogen (secondary N) is 2. The molecule has 2 aromatic heterocycles. The maximum atomic E-state index is 13.7. The van der Waals surface area contributed by atoms with E-state index < -0.39 is 28.4 Å². The molecule has 0 aliphatic heterocycles. The monoisotopic (exact) mass is 641 g/mol. The fourth-order valence-corrected chi connectivity index (χ4v) is 6.18. The Bertz CT molecular complexity index is 1470. The van der Waals surface area contributed by atoms with Gasteiger partial charge in [-0.3, -0.25) is 14.1 Å². The summed E-state index contributed by atoms with van der Waals surface area (Å²) in [4.78, 5) is 28.8. The quantitative estimate of drug-likeness (QED) is 0.255. The van der Waals surface area contributed by atoms with E-state index in [4.69, 9.17) is 9.73 Å². The van der Waals surface area contributed by atoms with Crippen LogP contribution in [0.2, 0.25) is 0 Å².